The third kappa shape index (κ3) is 3.71. The van der Waals surface area contributed by atoms with E-state index in [1.165, 1.54) is 0 Å². The minimum absolute atomic E-state index is 0.0731. The Morgan fingerprint density at radius 2 is 1.96 bits per heavy atom. The van der Waals surface area contributed by atoms with Gasteiger partial charge in [0.05, 0.1) is 0 Å². The maximum Gasteiger partial charge on any atom is 0.252 e. The normalized spacial score (nSPS) is 12.0. The van der Waals surface area contributed by atoms with Crippen LogP contribution in [0.1, 0.15) is 28.7 Å². The topological polar surface area (TPSA) is 76.8 Å². The van der Waals surface area contributed by atoms with Gasteiger partial charge in [0.1, 0.15) is 5.82 Å². The summed E-state index contributed by atoms with van der Waals surface area (Å²) in [6.07, 6.45) is 1.75. The quantitative estimate of drug-likeness (QED) is 0.711. The highest BCUT2D eigenvalue weighted by atomic mass is 16.2. The van der Waals surface area contributed by atoms with Crippen molar-refractivity contribution in [3.05, 3.63) is 71.3 Å². The van der Waals surface area contributed by atoms with Gasteiger partial charge in [-0.05, 0) is 47.5 Å². The van der Waals surface area contributed by atoms with Crippen LogP contribution >= 0.6 is 0 Å². The van der Waals surface area contributed by atoms with E-state index >= 15 is 0 Å². The van der Waals surface area contributed by atoms with Crippen molar-refractivity contribution in [2.75, 3.05) is 7.05 Å². The van der Waals surface area contributed by atoms with Crippen molar-refractivity contribution >= 4 is 5.91 Å². The average molecular weight is 336 g/mol. The van der Waals surface area contributed by atoms with E-state index in [0.29, 0.717) is 12.4 Å². The Kier molecular flexibility index (Phi) is 4.83. The molecule has 0 aliphatic heterocycles. The molecule has 128 valence electrons. The van der Waals surface area contributed by atoms with Gasteiger partial charge in [0.25, 0.3) is 5.91 Å². The molecule has 25 heavy (non-hydrogen) atoms. The van der Waals surface area contributed by atoms with Gasteiger partial charge in [-0.25, -0.2) is 4.68 Å². The Bertz CT molecular complexity index is 861. The molecule has 7 heteroatoms. The minimum atomic E-state index is -0.593. The maximum absolute atomic E-state index is 13.2. The Balaban J connectivity index is 1.90. The van der Waals surface area contributed by atoms with Gasteiger partial charge in [0, 0.05) is 25.5 Å². The lowest BCUT2D eigenvalue weighted by Crippen LogP contribution is -2.35. The van der Waals surface area contributed by atoms with Crippen molar-refractivity contribution in [1.29, 1.82) is 0 Å². The predicted molar refractivity (Wildman–Crippen MR) is 92.6 cm³/mol. The number of aromatic nitrogens is 5. The van der Waals surface area contributed by atoms with Crippen molar-refractivity contribution in [2.45, 2.75) is 26.4 Å². The number of tetrazole rings is 1. The van der Waals surface area contributed by atoms with E-state index in [1.54, 1.807) is 29.7 Å². The number of nitrogens with zero attached hydrogens (tertiary/aromatic N) is 6. The molecule has 0 N–H and O–H groups in total. The SMILES string of the molecule is Cc1cc(CN(C)C(=O)[C@@H](c2ccccc2)n2nnnc2C)ccn1. The number of likely N-dealkylation sites (N-methyl/N-ethyl adjacent to an activating group) is 1. The number of amides is 1. The van der Waals surface area contributed by atoms with Crippen LogP contribution in [0.25, 0.3) is 0 Å². The first-order valence-electron chi connectivity index (χ1n) is 8.02. The molecule has 0 saturated heterocycles. The van der Waals surface area contributed by atoms with Crippen LogP contribution < -0.4 is 0 Å². The van der Waals surface area contributed by atoms with Gasteiger partial charge >= 0.3 is 0 Å². The van der Waals surface area contributed by atoms with Crippen molar-refractivity contribution in [3.63, 3.8) is 0 Å². The Hall–Kier alpha value is -3.09. The van der Waals surface area contributed by atoms with Gasteiger partial charge in [0.15, 0.2) is 6.04 Å². The second kappa shape index (κ2) is 7.21. The fourth-order valence-electron chi connectivity index (χ4n) is 2.76. The van der Waals surface area contributed by atoms with Gasteiger partial charge in [-0.1, -0.05) is 30.3 Å². The number of carbonyl (C=O) groups excluding carboxylic acids is 1. The van der Waals surface area contributed by atoms with Gasteiger partial charge in [-0.2, -0.15) is 0 Å². The number of pyridine rings is 1. The van der Waals surface area contributed by atoms with E-state index in [-0.39, 0.29) is 5.91 Å². The molecular weight excluding hydrogens is 316 g/mol. The standard InChI is InChI=1S/C18H20N6O/c1-13-11-15(9-10-19-13)12-23(3)18(25)17(16-7-5-4-6-8-16)24-14(2)20-21-22-24/h4-11,17H,12H2,1-3H3/t17-/m1/s1. The maximum atomic E-state index is 13.2. The lowest BCUT2D eigenvalue weighted by atomic mass is 10.1. The van der Waals surface area contributed by atoms with Crippen LogP contribution in [0.4, 0.5) is 0 Å². The highest BCUT2D eigenvalue weighted by Gasteiger charge is 2.28. The molecule has 0 aliphatic rings. The van der Waals surface area contributed by atoms with E-state index < -0.39 is 6.04 Å². The van der Waals surface area contributed by atoms with Gasteiger partial charge in [-0.3, -0.25) is 9.78 Å². The van der Waals surface area contributed by atoms with E-state index in [4.69, 9.17) is 0 Å². The zero-order valence-electron chi connectivity index (χ0n) is 14.5. The molecule has 0 fully saturated rings. The Labute approximate surface area is 146 Å². The van der Waals surface area contributed by atoms with Crippen LogP contribution in [0.3, 0.4) is 0 Å². The molecule has 1 amide bonds. The monoisotopic (exact) mass is 336 g/mol. The summed E-state index contributed by atoms with van der Waals surface area (Å²) in [5.41, 5.74) is 2.80. The summed E-state index contributed by atoms with van der Waals surface area (Å²) in [4.78, 5) is 19.1. The molecule has 7 nitrogen and oxygen atoms in total. The number of carbonyl (C=O) groups is 1. The Morgan fingerprint density at radius 3 is 2.60 bits per heavy atom. The molecule has 3 aromatic rings. The van der Waals surface area contributed by atoms with E-state index in [9.17, 15) is 4.79 Å². The van der Waals surface area contributed by atoms with Crippen molar-refractivity contribution in [3.8, 4) is 0 Å². The first-order chi connectivity index (χ1) is 12.1. The van der Waals surface area contributed by atoms with E-state index in [2.05, 4.69) is 20.5 Å². The highest BCUT2D eigenvalue weighted by Crippen LogP contribution is 2.21. The number of benzene rings is 1. The molecule has 2 aromatic heterocycles. The second-order valence-electron chi connectivity index (χ2n) is 5.98. The average Bonchev–Trinajstić information content (AvgIpc) is 3.02. The first-order valence-corrected chi connectivity index (χ1v) is 8.02. The fraction of sp³-hybridized carbons (Fsp3) is 0.278. The van der Waals surface area contributed by atoms with Gasteiger partial charge in [-0.15, -0.1) is 5.10 Å². The molecule has 2 heterocycles. The van der Waals surface area contributed by atoms with Crippen molar-refractivity contribution in [2.24, 2.45) is 0 Å². The van der Waals surface area contributed by atoms with Crippen LogP contribution in [0.2, 0.25) is 0 Å². The first kappa shape index (κ1) is 16.8. The van der Waals surface area contributed by atoms with E-state index in [1.807, 2.05) is 49.4 Å². The molecular formula is C18H20N6O. The molecule has 0 aliphatic carbocycles. The summed E-state index contributed by atoms with van der Waals surface area (Å²) in [5.74, 6) is 0.520. The summed E-state index contributed by atoms with van der Waals surface area (Å²) in [5, 5.41) is 11.6. The van der Waals surface area contributed by atoms with Crippen molar-refractivity contribution in [1.82, 2.24) is 30.1 Å². The number of hydrogen-bond donors (Lipinski definition) is 0. The van der Waals surface area contributed by atoms with Crippen LogP contribution in [-0.2, 0) is 11.3 Å². The molecule has 0 spiro atoms. The summed E-state index contributed by atoms with van der Waals surface area (Å²) in [6, 6.07) is 12.8. The summed E-state index contributed by atoms with van der Waals surface area (Å²) < 4.78 is 1.56. The molecule has 1 atom stereocenters. The number of rotatable bonds is 5. The smallest absolute Gasteiger partial charge is 0.252 e. The molecule has 0 saturated carbocycles. The molecule has 3 rings (SSSR count). The highest BCUT2D eigenvalue weighted by molar-refractivity contribution is 5.83. The molecule has 0 radical (unpaired) electrons. The van der Waals surface area contributed by atoms with Gasteiger partial charge in [0.2, 0.25) is 0 Å². The molecule has 0 unspecified atom stereocenters. The van der Waals surface area contributed by atoms with Crippen LogP contribution in [-0.4, -0.2) is 43.0 Å². The van der Waals surface area contributed by atoms with Gasteiger partial charge < -0.3 is 4.90 Å². The minimum Gasteiger partial charge on any atom is -0.339 e. The summed E-state index contributed by atoms with van der Waals surface area (Å²) in [6.45, 7) is 4.21. The summed E-state index contributed by atoms with van der Waals surface area (Å²) >= 11 is 0. The second-order valence-corrected chi connectivity index (χ2v) is 5.98. The van der Waals surface area contributed by atoms with Crippen LogP contribution in [0, 0.1) is 13.8 Å². The predicted octanol–water partition coefficient (Wildman–Crippen LogP) is 1.93. The third-order valence-electron chi connectivity index (χ3n) is 4.01. The van der Waals surface area contributed by atoms with Crippen molar-refractivity contribution < 1.29 is 4.79 Å². The molecule has 1 aromatic carbocycles. The fourth-order valence-corrected chi connectivity index (χ4v) is 2.76. The third-order valence-corrected chi connectivity index (χ3v) is 4.01. The van der Waals surface area contributed by atoms with E-state index in [0.717, 1.165) is 16.8 Å². The van der Waals surface area contributed by atoms with Crippen LogP contribution in [0.15, 0.2) is 48.7 Å². The number of aryl methyl sites for hydroxylation is 2. The lowest BCUT2D eigenvalue weighted by molar-refractivity contribution is -0.133. The van der Waals surface area contributed by atoms with Crippen LogP contribution in [0.5, 0.6) is 0 Å². The summed E-state index contributed by atoms with van der Waals surface area (Å²) in [7, 11) is 1.79. The lowest BCUT2D eigenvalue weighted by Gasteiger charge is -2.24. The zero-order chi connectivity index (χ0) is 17.8. The zero-order valence-corrected chi connectivity index (χ0v) is 14.5. The Morgan fingerprint density at radius 1 is 1.20 bits per heavy atom. The molecule has 0 bridgehead atoms. The largest absolute Gasteiger partial charge is 0.339 e. The number of hydrogen-bond acceptors (Lipinski definition) is 5.